The lowest BCUT2D eigenvalue weighted by Gasteiger charge is -2.19. The minimum atomic E-state index is 0.282. The van der Waals surface area contributed by atoms with Gasteiger partial charge in [0.1, 0.15) is 0 Å². The molecule has 2 aromatic rings. The summed E-state index contributed by atoms with van der Waals surface area (Å²) in [5.41, 5.74) is 4.95. The molecule has 0 bridgehead atoms. The molecule has 1 atom stereocenters. The zero-order valence-electron chi connectivity index (χ0n) is 13.1. The molecular formula is C15H25N5. The molecule has 0 aliphatic rings. The van der Waals surface area contributed by atoms with Gasteiger partial charge < -0.3 is 5.32 Å². The highest BCUT2D eigenvalue weighted by molar-refractivity contribution is 5.27. The van der Waals surface area contributed by atoms with E-state index in [1.54, 1.807) is 0 Å². The topological polar surface area (TPSA) is 47.7 Å². The van der Waals surface area contributed by atoms with Gasteiger partial charge >= 0.3 is 0 Å². The van der Waals surface area contributed by atoms with Gasteiger partial charge in [0, 0.05) is 25.5 Å². The highest BCUT2D eigenvalue weighted by atomic mass is 15.3. The molecule has 0 saturated heterocycles. The Kier molecular flexibility index (Phi) is 4.60. The van der Waals surface area contributed by atoms with Crippen LogP contribution >= 0.6 is 0 Å². The highest BCUT2D eigenvalue weighted by Gasteiger charge is 2.19. The molecule has 0 spiro atoms. The zero-order valence-corrected chi connectivity index (χ0v) is 13.1. The number of rotatable bonds is 6. The summed E-state index contributed by atoms with van der Waals surface area (Å²) in [6.07, 6.45) is 2.83. The van der Waals surface area contributed by atoms with Gasteiger partial charge in [-0.1, -0.05) is 6.92 Å². The molecule has 2 aromatic heterocycles. The van der Waals surface area contributed by atoms with Crippen LogP contribution in [0.5, 0.6) is 0 Å². The number of aryl methyl sites for hydroxylation is 3. The van der Waals surface area contributed by atoms with Crippen LogP contribution in [0.3, 0.4) is 0 Å². The lowest BCUT2D eigenvalue weighted by atomic mass is 10.0. The molecule has 0 radical (unpaired) electrons. The maximum Gasteiger partial charge on any atom is 0.0629 e. The molecule has 1 N–H and O–H groups in total. The van der Waals surface area contributed by atoms with E-state index in [1.807, 2.05) is 17.9 Å². The molecule has 0 aliphatic heterocycles. The molecular weight excluding hydrogens is 250 g/mol. The Morgan fingerprint density at radius 1 is 1.30 bits per heavy atom. The van der Waals surface area contributed by atoms with Crippen LogP contribution in [0.15, 0.2) is 12.3 Å². The van der Waals surface area contributed by atoms with Crippen molar-refractivity contribution in [1.82, 2.24) is 24.9 Å². The Labute approximate surface area is 121 Å². The van der Waals surface area contributed by atoms with Gasteiger partial charge in [-0.3, -0.25) is 9.36 Å². The predicted octanol–water partition coefficient (Wildman–Crippen LogP) is 2.15. The molecule has 20 heavy (non-hydrogen) atoms. The Morgan fingerprint density at radius 3 is 2.60 bits per heavy atom. The average Bonchev–Trinajstić information content (AvgIpc) is 2.98. The largest absolute Gasteiger partial charge is 0.309 e. The second-order valence-corrected chi connectivity index (χ2v) is 5.16. The van der Waals surface area contributed by atoms with Gasteiger partial charge in [-0.2, -0.15) is 10.2 Å². The number of hydrogen-bond donors (Lipinski definition) is 1. The van der Waals surface area contributed by atoms with Crippen LogP contribution in [0.4, 0.5) is 0 Å². The smallest absolute Gasteiger partial charge is 0.0629 e. The van der Waals surface area contributed by atoms with Gasteiger partial charge in [0.25, 0.3) is 0 Å². The molecule has 0 saturated carbocycles. The molecule has 0 aliphatic carbocycles. The summed E-state index contributed by atoms with van der Waals surface area (Å²) >= 11 is 0. The number of nitrogens with one attached hydrogen (secondary N) is 1. The number of aromatic nitrogens is 4. The summed E-state index contributed by atoms with van der Waals surface area (Å²) in [6, 6.07) is 2.39. The van der Waals surface area contributed by atoms with E-state index in [2.05, 4.69) is 54.0 Å². The van der Waals surface area contributed by atoms with Gasteiger partial charge in [-0.15, -0.1) is 0 Å². The van der Waals surface area contributed by atoms with Crippen molar-refractivity contribution in [3.8, 4) is 0 Å². The fourth-order valence-corrected chi connectivity index (χ4v) is 2.75. The lowest BCUT2D eigenvalue weighted by molar-refractivity contribution is 0.489. The summed E-state index contributed by atoms with van der Waals surface area (Å²) in [4.78, 5) is 0. The van der Waals surface area contributed by atoms with Crippen molar-refractivity contribution in [3.63, 3.8) is 0 Å². The standard InChI is InChI=1S/C15H25N5/c1-6-16-14(15-8-9-17-20(15)7-2)10-13-11(3)18-19(5)12(13)4/h8-9,14,16H,6-7,10H2,1-5H3. The van der Waals surface area contributed by atoms with E-state index in [-0.39, 0.29) is 6.04 Å². The predicted molar refractivity (Wildman–Crippen MR) is 80.7 cm³/mol. The fraction of sp³-hybridized carbons (Fsp3) is 0.600. The van der Waals surface area contributed by atoms with Gasteiger partial charge in [0.15, 0.2) is 0 Å². The van der Waals surface area contributed by atoms with Crippen molar-refractivity contribution < 1.29 is 0 Å². The van der Waals surface area contributed by atoms with E-state index in [1.165, 1.54) is 17.0 Å². The van der Waals surface area contributed by atoms with Crippen LogP contribution in [-0.4, -0.2) is 26.1 Å². The molecule has 0 amide bonds. The lowest BCUT2D eigenvalue weighted by Crippen LogP contribution is -2.26. The molecule has 1 unspecified atom stereocenters. The Hall–Kier alpha value is -1.62. The first kappa shape index (κ1) is 14.8. The first-order valence-electron chi connectivity index (χ1n) is 7.32. The highest BCUT2D eigenvalue weighted by Crippen LogP contribution is 2.22. The van der Waals surface area contributed by atoms with Crippen molar-refractivity contribution in [1.29, 1.82) is 0 Å². The minimum absolute atomic E-state index is 0.282. The number of likely N-dealkylation sites (N-methyl/N-ethyl adjacent to an activating group) is 1. The van der Waals surface area contributed by atoms with Crippen LogP contribution in [0.2, 0.25) is 0 Å². The number of nitrogens with zero attached hydrogens (tertiary/aromatic N) is 4. The van der Waals surface area contributed by atoms with Crippen LogP contribution in [0.1, 0.15) is 42.5 Å². The minimum Gasteiger partial charge on any atom is -0.309 e. The van der Waals surface area contributed by atoms with E-state index < -0.39 is 0 Å². The SMILES string of the molecule is CCNC(Cc1c(C)nn(C)c1C)c1ccnn1CC. The Bertz CT molecular complexity index is 567. The van der Waals surface area contributed by atoms with Gasteiger partial charge in [-0.05, 0) is 45.4 Å². The quantitative estimate of drug-likeness (QED) is 0.878. The van der Waals surface area contributed by atoms with Crippen LogP contribution in [0.25, 0.3) is 0 Å². The Balaban J connectivity index is 2.30. The zero-order chi connectivity index (χ0) is 14.7. The maximum atomic E-state index is 4.51. The second-order valence-electron chi connectivity index (χ2n) is 5.16. The third-order valence-electron chi connectivity index (χ3n) is 3.92. The molecule has 5 nitrogen and oxygen atoms in total. The molecule has 2 heterocycles. The van der Waals surface area contributed by atoms with Crippen LogP contribution in [0, 0.1) is 13.8 Å². The van der Waals surface area contributed by atoms with Crippen LogP contribution < -0.4 is 5.32 Å². The third kappa shape index (κ3) is 2.77. The van der Waals surface area contributed by atoms with E-state index in [9.17, 15) is 0 Å². The normalized spacial score (nSPS) is 12.8. The van der Waals surface area contributed by atoms with E-state index in [0.717, 1.165) is 25.2 Å². The van der Waals surface area contributed by atoms with E-state index in [4.69, 9.17) is 0 Å². The summed E-state index contributed by atoms with van der Waals surface area (Å²) < 4.78 is 4.03. The first-order valence-corrected chi connectivity index (χ1v) is 7.32. The van der Waals surface area contributed by atoms with Crippen molar-refractivity contribution in [2.24, 2.45) is 7.05 Å². The van der Waals surface area contributed by atoms with Gasteiger partial charge in [0.2, 0.25) is 0 Å². The molecule has 5 heteroatoms. The summed E-state index contributed by atoms with van der Waals surface area (Å²) in [6.45, 7) is 10.3. The maximum absolute atomic E-state index is 4.51. The molecule has 0 fully saturated rings. The van der Waals surface area contributed by atoms with E-state index >= 15 is 0 Å². The molecule has 0 aromatic carbocycles. The van der Waals surface area contributed by atoms with Crippen molar-refractivity contribution in [2.75, 3.05) is 6.54 Å². The van der Waals surface area contributed by atoms with E-state index in [0.29, 0.717) is 0 Å². The van der Waals surface area contributed by atoms with Crippen molar-refractivity contribution in [3.05, 3.63) is 34.9 Å². The first-order chi connectivity index (χ1) is 9.58. The van der Waals surface area contributed by atoms with Crippen molar-refractivity contribution in [2.45, 2.75) is 46.7 Å². The Morgan fingerprint density at radius 2 is 2.05 bits per heavy atom. The second kappa shape index (κ2) is 6.22. The third-order valence-corrected chi connectivity index (χ3v) is 3.92. The summed E-state index contributed by atoms with van der Waals surface area (Å²) in [7, 11) is 2.00. The van der Waals surface area contributed by atoms with Crippen LogP contribution in [-0.2, 0) is 20.0 Å². The fourth-order valence-electron chi connectivity index (χ4n) is 2.75. The number of hydrogen-bond acceptors (Lipinski definition) is 3. The van der Waals surface area contributed by atoms with Gasteiger partial charge in [0.05, 0.1) is 17.4 Å². The molecule has 110 valence electrons. The molecule has 2 rings (SSSR count). The summed E-state index contributed by atoms with van der Waals surface area (Å²) in [5.74, 6) is 0. The van der Waals surface area contributed by atoms with Crippen molar-refractivity contribution >= 4 is 0 Å². The van der Waals surface area contributed by atoms with Gasteiger partial charge in [-0.25, -0.2) is 0 Å². The average molecular weight is 275 g/mol. The monoisotopic (exact) mass is 275 g/mol. The summed E-state index contributed by atoms with van der Waals surface area (Å²) in [5, 5.41) is 12.5.